The maximum atomic E-state index is 2.77. The van der Waals surface area contributed by atoms with Gasteiger partial charge in [0.2, 0.25) is 0 Å². The molecule has 2 heterocycles. The highest BCUT2D eigenvalue weighted by molar-refractivity contribution is 4.95. The molecular weight excluding hydrogens is 184 g/mol. The molecule has 2 heteroatoms. The highest BCUT2D eigenvalue weighted by Gasteiger charge is 2.38. The Bertz CT molecular complexity index is 199. The van der Waals surface area contributed by atoms with Crippen LogP contribution in [0.4, 0.5) is 0 Å². The van der Waals surface area contributed by atoms with Crippen LogP contribution in [0, 0.1) is 0 Å². The topological polar surface area (TPSA) is 6.48 Å². The van der Waals surface area contributed by atoms with Crippen LogP contribution in [0.3, 0.4) is 0 Å². The first-order valence-electron chi connectivity index (χ1n) is 6.45. The number of nitrogens with zero attached hydrogens (tertiary/aromatic N) is 2. The van der Waals surface area contributed by atoms with E-state index in [0.29, 0.717) is 5.54 Å². The Morgan fingerprint density at radius 2 is 1.53 bits per heavy atom. The van der Waals surface area contributed by atoms with Crippen LogP contribution in [-0.2, 0) is 0 Å². The molecule has 0 aromatic rings. The zero-order chi connectivity index (χ0) is 11.1. The van der Waals surface area contributed by atoms with Crippen molar-refractivity contribution >= 4 is 0 Å². The van der Waals surface area contributed by atoms with Crippen molar-refractivity contribution in [3.63, 3.8) is 0 Å². The second-order valence-electron chi connectivity index (χ2n) is 6.29. The first-order chi connectivity index (χ1) is 6.98. The van der Waals surface area contributed by atoms with Gasteiger partial charge in [-0.05, 0) is 53.5 Å². The zero-order valence-corrected chi connectivity index (χ0v) is 10.8. The van der Waals surface area contributed by atoms with Crippen molar-refractivity contribution in [3.05, 3.63) is 0 Å². The highest BCUT2D eigenvalue weighted by Crippen LogP contribution is 2.36. The summed E-state index contributed by atoms with van der Waals surface area (Å²) in [6, 6.07) is 1.87. The van der Waals surface area contributed by atoms with E-state index in [1.807, 2.05) is 0 Å². The Morgan fingerprint density at radius 3 is 1.93 bits per heavy atom. The third-order valence-electron chi connectivity index (χ3n) is 4.44. The number of fused-ring (bicyclic) bond motifs is 2. The molecule has 2 fully saturated rings. The summed E-state index contributed by atoms with van der Waals surface area (Å²) in [6.45, 7) is 9.39. The van der Waals surface area contributed by atoms with Gasteiger partial charge in [-0.1, -0.05) is 0 Å². The largest absolute Gasteiger partial charge is 0.300 e. The molecule has 15 heavy (non-hydrogen) atoms. The van der Waals surface area contributed by atoms with E-state index in [-0.39, 0.29) is 0 Å². The Kier molecular flexibility index (Phi) is 3.09. The Hall–Kier alpha value is -0.0800. The van der Waals surface area contributed by atoms with Gasteiger partial charge in [0, 0.05) is 30.7 Å². The van der Waals surface area contributed by atoms with Crippen molar-refractivity contribution in [3.8, 4) is 0 Å². The SMILES string of the molecule is CN(CCN1C2CCC1CC2)C(C)(C)C. The van der Waals surface area contributed by atoms with Gasteiger partial charge in [0.1, 0.15) is 0 Å². The quantitative estimate of drug-likeness (QED) is 0.705. The minimum absolute atomic E-state index is 0.318. The van der Waals surface area contributed by atoms with Crippen LogP contribution in [0.15, 0.2) is 0 Å². The van der Waals surface area contributed by atoms with Crippen LogP contribution in [-0.4, -0.2) is 47.6 Å². The molecule has 0 aromatic carbocycles. The zero-order valence-electron chi connectivity index (χ0n) is 10.8. The summed E-state index contributed by atoms with van der Waals surface area (Å²) >= 11 is 0. The third-order valence-corrected chi connectivity index (χ3v) is 4.44. The third kappa shape index (κ3) is 2.36. The summed E-state index contributed by atoms with van der Waals surface area (Å²) in [4.78, 5) is 5.24. The number of hydrogen-bond donors (Lipinski definition) is 0. The molecule has 2 bridgehead atoms. The fourth-order valence-electron chi connectivity index (χ4n) is 2.99. The summed E-state index contributed by atoms with van der Waals surface area (Å²) in [5, 5.41) is 0. The van der Waals surface area contributed by atoms with Crippen LogP contribution in [0.25, 0.3) is 0 Å². The number of hydrogen-bond acceptors (Lipinski definition) is 2. The maximum absolute atomic E-state index is 2.77. The van der Waals surface area contributed by atoms with Gasteiger partial charge in [-0.15, -0.1) is 0 Å². The second kappa shape index (κ2) is 4.06. The summed E-state index contributed by atoms with van der Waals surface area (Å²) in [7, 11) is 2.25. The average Bonchev–Trinajstić information content (AvgIpc) is 2.71. The van der Waals surface area contributed by atoms with Crippen molar-refractivity contribution in [1.82, 2.24) is 9.80 Å². The highest BCUT2D eigenvalue weighted by atomic mass is 15.3. The fraction of sp³-hybridized carbons (Fsp3) is 1.00. The Labute approximate surface area is 94.6 Å². The molecular formula is C13H26N2. The lowest BCUT2D eigenvalue weighted by molar-refractivity contribution is 0.139. The molecule has 2 saturated heterocycles. The molecule has 88 valence electrons. The monoisotopic (exact) mass is 210 g/mol. The van der Waals surface area contributed by atoms with Crippen molar-refractivity contribution in [2.75, 3.05) is 20.1 Å². The van der Waals surface area contributed by atoms with Crippen molar-refractivity contribution in [2.45, 2.75) is 64.1 Å². The lowest BCUT2D eigenvalue weighted by Crippen LogP contribution is -2.44. The van der Waals surface area contributed by atoms with E-state index in [9.17, 15) is 0 Å². The maximum Gasteiger partial charge on any atom is 0.0122 e. The molecule has 0 atom stereocenters. The first-order valence-corrected chi connectivity index (χ1v) is 6.45. The molecule has 0 radical (unpaired) electrons. The lowest BCUT2D eigenvalue weighted by Gasteiger charge is -2.34. The van der Waals surface area contributed by atoms with Gasteiger partial charge >= 0.3 is 0 Å². The smallest absolute Gasteiger partial charge is 0.0122 e. The molecule has 0 N–H and O–H groups in total. The lowest BCUT2D eigenvalue weighted by atomic mass is 10.0. The normalized spacial score (nSPS) is 31.8. The van der Waals surface area contributed by atoms with E-state index in [0.717, 1.165) is 12.1 Å². The van der Waals surface area contributed by atoms with Crippen molar-refractivity contribution in [1.29, 1.82) is 0 Å². The van der Waals surface area contributed by atoms with Gasteiger partial charge < -0.3 is 4.90 Å². The molecule has 0 aromatic heterocycles. The van der Waals surface area contributed by atoms with Crippen LogP contribution < -0.4 is 0 Å². The van der Waals surface area contributed by atoms with Crippen molar-refractivity contribution < 1.29 is 0 Å². The molecule has 0 unspecified atom stereocenters. The van der Waals surface area contributed by atoms with Gasteiger partial charge in [-0.3, -0.25) is 4.90 Å². The van der Waals surface area contributed by atoms with Gasteiger partial charge in [0.05, 0.1) is 0 Å². The van der Waals surface area contributed by atoms with Crippen molar-refractivity contribution in [2.24, 2.45) is 0 Å². The second-order valence-corrected chi connectivity index (χ2v) is 6.29. The first kappa shape index (κ1) is 11.4. The Morgan fingerprint density at radius 1 is 1.07 bits per heavy atom. The molecule has 0 spiro atoms. The minimum atomic E-state index is 0.318. The Balaban J connectivity index is 1.79. The summed E-state index contributed by atoms with van der Waals surface area (Å²) in [6.07, 6.45) is 5.85. The molecule has 2 aliphatic rings. The van der Waals surface area contributed by atoms with Crippen LogP contribution in [0.2, 0.25) is 0 Å². The van der Waals surface area contributed by atoms with Crippen LogP contribution in [0.5, 0.6) is 0 Å². The van der Waals surface area contributed by atoms with Crippen LogP contribution >= 0.6 is 0 Å². The van der Waals surface area contributed by atoms with E-state index < -0.39 is 0 Å². The summed E-state index contributed by atoms with van der Waals surface area (Å²) in [5.41, 5.74) is 0.318. The van der Waals surface area contributed by atoms with E-state index in [4.69, 9.17) is 0 Å². The number of rotatable bonds is 3. The van der Waals surface area contributed by atoms with Gasteiger partial charge in [0.25, 0.3) is 0 Å². The predicted octanol–water partition coefficient (Wildman–Crippen LogP) is 2.34. The van der Waals surface area contributed by atoms with Gasteiger partial charge in [-0.25, -0.2) is 0 Å². The molecule has 2 rings (SSSR count). The fourth-order valence-corrected chi connectivity index (χ4v) is 2.99. The standard InChI is InChI=1S/C13H26N2/c1-13(2,3)14(4)9-10-15-11-5-6-12(15)8-7-11/h11-12H,5-10H2,1-4H3. The van der Waals surface area contributed by atoms with E-state index in [1.165, 1.54) is 38.8 Å². The van der Waals surface area contributed by atoms with Gasteiger partial charge in [0.15, 0.2) is 0 Å². The molecule has 0 aliphatic carbocycles. The summed E-state index contributed by atoms with van der Waals surface area (Å²) < 4.78 is 0. The van der Waals surface area contributed by atoms with E-state index in [1.54, 1.807) is 0 Å². The molecule has 2 aliphatic heterocycles. The molecule has 0 saturated carbocycles. The summed E-state index contributed by atoms with van der Waals surface area (Å²) in [5.74, 6) is 0. The molecule has 0 amide bonds. The van der Waals surface area contributed by atoms with Gasteiger partial charge in [-0.2, -0.15) is 0 Å². The molecule has 2 nitrogen and oxygen atoms in total. The predicted molar refractivity (Wildman–Crippen MR) is 65.1 cm³/mol. The van der Waals surface area contributed by atoms with E-state index >= 15 is 0 Å². The van der Waals surface area contributed by atoms with E-state index in [2.05, 4.69) is 37.6 Å². The number of likely N-dealkylation sites (N-methyl/N-ethyl adjacent to an activating group) is 1. The van der Waals surface area contributed by atoms with Crippen LogP contribution in [0.1, 0.15) is 46.5 Å². The minimum Gasteiger partial charge on any atom is -0.300 e. The average molecular weight is 210 g/mol.